The van der Waals surface area contributed by atoms with E-state index >= 15 is 0 Å². The number of nitro groups is 1. The second-order valence-corrected chi connectivity index (χ2v) is 8.46. The van der Waals surface area contributed by atoms with Crippen LogP contribution >= 0.6 is 11.3 Å². The Labute approximate surface area is 154 Å². The first kappa shape index (κ1) is 18.3. The van der Waals surface area contributed by atoms with Gasteiger partial charge in [0.25, 0.3) is 5.69 Å². The smallest absolute Gasteiger partial charge is 0.289 e. The lowest BCUT2D eigenvalue weighted by molar-refractivity contribution is -0.387. The highest BCUT2D eigenvalue weighted by Crippen LogP contribution is 2.27. The summed E-state index contributed by atoms with van der Waals surface area (Å²) in [6.45, 7) is 0.288. The number of rotatable bonds is 8. The van der Waals surface area contributed by atoms with Gasteiger partial charge in [0.2, 0.25) is 10.0 Å². The summed E-state index contributed by atoms with van der Waals surface area (Å²) in [4.78, 5) is 11.3. The molecule has 0 amide bonds. The zero-order chi connectivity index (χ0) is 18.6. The lowest BCUT2D eigenvalue weighted by atomic mass is 10.3. The van der Waals surface area contributed by atoms with Crippen molar-refractivity contribution >= 4 is 27.0 Å². The van der Waals surface area contributed by atoms with Crippen molar-refractivity contribution in [2.24, 2.45) is 0 Å². The minimum atomic E-state index is -4.05. The van der Waals surface area contributed by atoms with Gasteiger partial charge in [0.05, 0.1) is 17.4 Å². The van der Waals surface area contributed by atoms with Crippen molar-refractivity contribution in [1.29, 1.82) is 0 Å². The van der Waals surface area contributed by atoms with Gasteiger partial charge in [0, 0.05) is 29.6 Å². The van der Waals surface area contributed by atoms with Crippen LogP contribution in [0.1, 0.15) is 10.4 Å². The van der Waals surface area contributed by atoms with E-state index in [9.17, 15) is 18.5 Å². The van der Waals surface area contributed by atoms with Crippen molar-refractivity contribution in [3.8, 4) is 0 Å². The van der Waals surface area contributed by atoms with Gasteiger partial charge in [-0.1, -0.05) is 18.2 Å². The molecule has 0 aliphatic heterocycles. The fourth-order valence-corrected chi connectivity index (χ4v) is 4.81. The van der Waals surface area contributed by atoms with Gasteiger partial charge in [-0.15, -0.1) is 11.3 Å². The van der Waals surface area contributed by atoms with E-state index in [1.54, 1.807) is 6.07 Å². The van der Waals surface area contributed by atoms with Crippen LogP contribution in [0.5, 0.6) is 0 Å². The largest absolute Gasteiger partial charge is 0.472 e. The summed E-state index contributed by atoms with van der Waals surface area (Å²) >= 11 is 1.54. The quantitative estimate of drug-likeness (QED) is 0.430. The standard InChI is InChI=1S/C17H16N2O5S2/c20-19(21)16-5-1-2-6-17(16)26(22,23)18(12-14-8-10-24-13-14)9-7-15-4-3-11-25-15/h1-6,8,10-11,13H,7,9,12H2. The topological polar surface area (TPSA) is 93.7 Å². The van der Waals surface area contributed by atoms with Gasteiger partial charge in [-0.2, -0.15) is 4.31 Å². The lowest BCUT2D eigenvalue weighted by Crippen LogP contribution is -2.32. The Morgan fingerprint density at radius 2 is 1.96 bits per heavy atom. The molecule has 0 fully saturated rings. The molecular weight excluding hydrogens is 376 g/mol. The van der Waals surface area contributed by atoms with E-state index in [2.05, 4.69) is 0 Å². The van der Waals surface area contributed by atoms with E-state index in [1.165, 1.54) is 52.4 Å². The molecule has 3 aromatic rings. The van der Waals surface area contributed by atoms with Crippen molar-refractivity contribution in [2.45, 2.75) is 17.9 Å². The molecule has 7 nitrogen and oxygen atoms in total. The summed E-state index contributed by atoms with van der Waals surface area (Å²) in [5.41, 5.74) is 0.249. The number of benzene rings is 1. The van der Waals surface area contributed by atoms with E-state index in [0.717, 1.165) is 4.88 Å². The van der Waals surface area contributed by atoms with Crippen LogP contribution in [0.3, 0.4) is 0 Å². The van der Waals surface area contributed by atoms with Crippen molar-refractivity contribution in [3.63, 3.8) is 0 Å². The molecule has 0 radical (unpaired) electrons. The van der Waals surface area contributed by atoms with Gasteiger partial charge in [-0.25, -0.2) is 8.42 Å². The number of furan rings is 1. The molecule has 0 N–H and O–H groups in total. The molecule has 0 bridgehead atoms. The van der Waals surface area contributed by atoms with Crippen LogP contribution in [0.2, 0.25) is 0 Å². The highest BCUT2D eigenvalue weighted by atomic mass is 32.2. The average molecular weight is 392 g/mol. The van der Waals surface area contributed by atoms with E-state index in [-0.39, 0.29) is 18.0 Å². The van der Waals surface area contributed by atoms with Crippen molar-refractivity contribution < 1.29 is 17.8 Å². The van der Waals surface area contributed by atoms with Crippen LogP contribution in [0.25, 0.3) is 0 Å². The number of para-hydroxylation sites is 1. The first-order chi connectivity index (χ1) is 12.5. The van der Waals surface area contributed by atoms with Gasteiger partial charge in [-0.05, 0) is 30.0 Å². The van der Waals surface area contributed by atoms with Gasteiger partial charge in [0.15, 0.2) is 4.90 Å². The number of thiophene rings is 1. The van der Waals surface area contributed by atoms with Crippen LogP contribution < -0.4 is 0 Å². The van der Waals surface area contributed by atoms with E-state index in [0.29, 0.717) is 12.0 Å². The van der Waals surface area contributed by atoms with Gasteiger partial charge in [-0.3, -0.25) is 10.1 Å². The predicted octanol–water partition coefficient (Wildman–Crippen LogP) is 3.68. The Balaban J connectivity index is 1.95. The second kappa shape index (κ2) is 7.81. The molecule has 2 aromatic heterocycles. The monoisotopic (exact) mass is 392 g/mol. The Morgan fingerprint density at radius 3 is 2.62 bits per heavy atom. The molecule has 2 heterocycles. The van der Waals surface area contributed by atoms with Crippen LogP contribution in [0.15, 0.2) is 69.7 Å². The Hall–Kier alpha value is -2.49. The fraction of sp³-hybridized carbons (Fsp3) is 0.176. The molecule has 0 aliphatic carbocycles. The lowest BCUT2D eigenvalue weighted by Gasteiger charge is -2.21. The molecule has 0 unspecified atom stereocenters. The normalized spacial score (nSPS) is 11.7. The maximum Gasteiger partial charge on any atom is 0.289 e. The molecule has 136 valence electrons. The molecular formula is C17H16N2O5S2. The molecule has 0 spiro atoms. The SMILES string of the molecule is O=[N+]([O-])c1ccccc1S(=O)(=O)N(CCc1cccs1)Cc1ccoc1. The Morgan fingerprint density at radius 1 is 1.15 bits per heavy atom. The summed E-state index contributed by atoms with van der Waals surface area (Å²) in [7, 11) is -4.05. The Kier molecular flexibility index (Phi) is 5.50. The maximum atomic E-state index is 13.1. The number of nitrogens with zero attached hydrogens (tertiary/aromatic N) is 2. The zero-order valence-electron chi connectivity index (χ0n) is 13.6. The molecule has 0 aliphatic rings. The molecule has 26 heavy (non-hydrogen) atoms. The highest BCUT2D eigenvalue weighted by molar-refractivity contribution is 7.89. The summed E-state index contributed by atoms with van der Waals surface area (Å²) in [6, 6.07) is 10.9. The van der Waals surface area contributed by atoms with Crippen LogP contribution in [0, 0.1) is 10.1 Å². The Bertz CT molecular complexity index is 967. The molecule has 9 heteroatoms. The third-order valence-electron chi connectivity index (χ3n) is 3.81. The van der Waals surface area contributed by atoms with E-state index < -0.39 is 20.6 Å². The minimum absolute atomic E-state index is 0.0796. The summed E-state index contributed by atoms with van der Waals surface area (Å²) < 4.78 is 32.5. The summed E-state index contributed by atoms with van der Waals surface area (Å²) in [5, 5.41) is 13.2. The van der Waals surface area contributed by atoms with Crippen molar-refractivity contribution in [2.75, 3.05) is 6.54 Å². The molecule has 0 saturated heterocycles. The number of nitro benzene ring substituents is 1. The first-order valence-corrected chi connectivity index (χ1v) is 10.1. The van der Waals surface area contributed by atoms with Gasteiger partial charge >= 0.3 is 0 Å². The van der Waals surface area contributed by atoms with E-state index in [1.807, 2.05) is 17.5 Å². The summed E-state index contributed by atoms with van der Waals surface area (Å²) in [5.74, 6) is 0. The van der Waals surface area contributed by atoms with Gasteiger partial charge < -0.3 is 4.42 Å². The third kappa shape index (κ3) is 4.01. The minimum Gasteiger partial charge on any atom is -0.472 e. The van der Waals surface area contributed by atoms with Crippen molar-refractivity contribution in [1.82, 2.24) is 4.31 Å². The highest BCUT2D eigenvalue weighted by Gasteiger charge is 2.31. The molecule has 0 saturated carbocycles. The molecule has 1 aromatic carbocycles. The summed E-state index contributed by atoms with van der Waals surface area (Å²) in [6.07, 6.45) is 3.45. The number of hydrogen-bond donors (Lipinski definition) is 0. The fourth-order valence-electron chi connectivity index (χ4n) is 2.53. The van der Waals surface area contributed by atoms with Crippen LogP contribution in [-0.2, 0) is 23.0 Å². The van der Waals surface area contributed by atoms with Crippen molar-refractivity contribution in [3.05, 3.63) is 80.9 Å². The van der Waals surface area contributed by atoms with Crippen LogP contribution in [-0.4, -0.2) is 24.2 Å². The maximum absolute atomic E-state index is 13.1. The molecule has 3 rings (SSSR count). The van der Waals surface area contributed by atoms with Crippen LogP contribution in [0.4, 0.5) is 5.69 Å². The zero-order valence-corrected chi connectivity index (χ0v) is 15.3. The third-order valence-corrected chi connectivity index (χ3v) is 6.64. The molecule has 0 atom stereocenters. The second-order valence-electron chi connectivity index (χ2n) is 5.52. The number of sulfonamides is 1. The predicted molar refractivity (Wildman–Crippen MR) is 97.4 cm³/mol. The number of hydrogen-bond acceptors (Lipinski definition) is 6. The van der Waals surface area contributed by atoms with E-state index in [4.69, 9.17) is 4.42 Å². The van der Waals surface area contributed by atoms with Gasteiger partial charge in [0.1, 0.15) is 0 Å². The average Bonchev–Trinajstić information content (AvgIpc) is 3.32. The first-order valence-electron chi connectivity index (χ1n) is 7.75.